The largest absolute Gasteiger partial charge is 0.352 e. The summed E-state index contributed by atoms with van der Waals surface area (Å²) in [5.74, 6) is -0.891. The summed E-state index contributed by atoms with van der Waals surface area (Å²) in [6.45, 7) is 4.84. The minimum atomic E-state index is -3.88. The lowest BCUT2D eigenvalue weighted by Crippen LogP contribution is -2.52. The van der Waals surface area contributed by atoms with Crippen LogP contribution in [-0.4, -0.2) is 50.0 Å². The summed E-state index contributed by atoms with van der Waals surface area (Å²) in [5.41, 5.74) is 0.894. The van der Waals surface area contributed by atoms with Crippen LogP contribution in [0, 0.1) is 0 Å². The summed E-state index contributed by atoms with van der Waals surface area (Å²) < 4.78 is 26.0. The molecule has 0 heterocycles. The number of hydrogen-bond donors (Lipinski definition) is 1. The van der Waals surface area contributed by atoms with Gasteiger partial charge in [-0.15, -0.1) is 0 Å². The third-order valence-corrected chi connectivity index (χ3v) is 6.61. The molecule has 10 heteroatoms. The van der Waals surface area contributed by atoms with Gasteiger partial charge in [-0.2, -0.15) is 0 Å². The monoisotopic (exact) mass is 499 g/mol. The first-order valence-electron chi connectivity index (χ1n) is 9.97. The van der Waals surface area contributed by atoms with Crippen molar-refractivity contribution in [2.75, 3.05) is 17.1 Å². The maximum absolute atomic E-state index is 13.4. The summed E-state index contributed by atoms with van der Waals surface area (Å²) in [5, 5.41) is 2.98. The van der Waals surface area contributed by atoms with Crippen molar-refractivity contribution in [2.24, 2.45) is 0 Å². The second-order valence-electron chi connectivity index (χ2n) is 7.69. The van der Waals surface area contributed by atoms with E-state index in [1.165, 1.54) is 17.0 Å². The lowest BCUT2D eigenvalue weighted by Gasteiger charge is -2.32. The van der Waals surface area contributed by atoms with Crippen LogP contribution in [-0.2, 0) is 26.2 Å². The van der Waals surface area contributed by atoms with Crippen molar-refractivity contribution in [2.45, 2.75) is 39.4 Å². The number of nitrogens with zero attached hydrogens (tertiary/aromatic N) is 2. The first kappa shape index (κ1) is 26.0. The van der Waals surface area contributed by atoms with Crippen molar-refractivity contribution in [3.8, 4) is 0 Å². The van der Waals surface area contributed by atoms with Gasteiger partial charge >= 0.3 is 0 Å². The fourth-order valence-corrected chi connectivity index (χ4v) is 4.35. The molecule has 0 saturated carbocycles. The minimum Gasteiger partial charge on any atom is -0.352 e. The molecule has 0 aliphatic rings. The maximum atomic E-state index is 13.4. The Balaban J connectivity index is 2.41. The van der Waals surface area contributed by atoms with Gasteiger partial charge in [0.1, 0.15) is 12.6 Å². The van der Waals surface area contributed by atoms with Gasteiger partial charge in [0.05, 0.1) is 22.0 Å². The predicted octanol–water partition coefficient (Wildman–Crippen LogP) is 3.70. The van der Waals surface area contributed by atoms with E-state index in [4.69, 9.17) is 23.2 Å². The van der Waals surface area contributed by atoms with Gasteiger partial charge in [0.2, 0.25) is 21.8 Å². The third-order valence-electron chi connectivity index (χ3n) is 4.67. The molecular weight excluding hydrogens is 473 g/mol. The summed E-state index contributed by atoms with van der Waals surface area (Å²) in [6, 6.07) is 12.7. The molecule has 0 aliphatic heterocycles. The molecule has 2 aromatic rings. The van der Waals surface area contributed by atoms with Crippen LogP contribution >= 0.6 is 23.2 Å². The molecule has 7 nitrogen and oxygen atoms in total. The second-order valence-corrected chi connectivity index (χ2v) is 10.4. The fourth-order valence-electron chi connectivity index (χ4n) is 3.05. The smallest absolute Gasteiger partial charge is 0.244 e. The van der Waals surface area contributed by atoms with Gasteiger partial charge in [0.15, 0.2) is 0 Å². The number of sulfonamides is 1. The normalized spacial score (nSPS) is 12.3. The molecule has 2 rings (SSSR count). The van der Waals surface area contributed by atoms with Crippen LogP contribution in [0.25, 0.3) is 0 Å². The van der Waals surface area contributed by atoms with Gasteiger partial charge in [-0.25, -0.2) is 8.42 Å². The first-order chi connectivity index (χ1) is 14.9. The van der Waals surface area contributed by atoms with E-state index in [1.54, 1.807) is 13.0 Å². The van der Waals surface area contributed by atoms with E-state index in [9.17, 15) is 18.0 Å². The fraction of sp³-hybridized carbons (Fsp3) is 0.364. The number of hydrogen-bond acceptors (Lipinski definition) is 4. The summed E-state index contributed by atoms with van der Waals surface area (Å²) in [6.07, 6.45) is 0.980. The Bertz CT molecular complexity index is 1060. The SMILES string of the molecule is CC(C)NC(=O)C(C)N(Cc1ccccc1)C(=O)CN(c1cccc(Cl)c1Cl)S(C)(=O)=O. The highest BCUT2D eigenvalue weighted by molar-refractivity contribution is 7.92. The van der Waals surface area contributed by atoms with Crippen LogP contribution in [0.1, 0.15) is 26.3 Å². The first-order valence-corrected chi connectivity index (χ1v) is 12.6. The molecule has 0 aliphatic carbocycles. The van der Waals surface area contributed by atoms with Crippen LogP contribution in [0.3, 0.4) is 0 Å². The van der Waals surface area contributed by atoms with E-state index in [2.05, 4.69) is 5.32 Å². The van der Waals surface area contributed by atoms with Gasteiger partial charge in [0.25, 0.3) is 0 Å². The van der Waals surface area contributed by atoms with Crippen molar-refractivity contribution in [3.05, 3.63) is 64.1 Å². The number of carbonyl (C=O) groups excluding carboxylic acids is 2. The number of nitrogens with one attached hydrogen (secondary N) is 1. The standard InChI is InChI=1S/C22H27Cl2N3O4S/c1-15(2)25-22(29)16(3)26(13-17-9-6-5-7-10-17)20(28)14-27(32(4,30)31)19-12-8-11-18(23)21(19)24/h5-12,15-16H,13-14H2,1-4H3,(H,25,29). The average molecular weight is 500 g/mol. The Morgan fingerprint density at radius 3 is 2.19 bits per heavy atom. The molecule has 1 atom stereocenters. The Labute approximate surface area is 199 Å². The van der Waals surface area contributed by atoms with E-state index in [0.29, 0.717) is 0 Å². The zero-order chi connectivity index (χ0) is 24.1. The highest BCUT2D eigenvalue weighted by Crippen LogP contribution is 2.33. The number of amides is 2. The third kappa shape index (κ3) is 6.85. The van der Waals surface area contributed by atoms with Gasteiger partial charge in [-0.3, -0.25) is 13.9 Å². The van der Waals surface area contributed by atoms with E-state index in [0.717, 1.165) is 16.1 Å². The van der Waals surface area contributed by atoms with E-state index in [-0.39, 0.29) is 34.2 Å². The molecule has 0 bridgehead atoms. The molecule has 0 saturated heterocycles. The van der Waals surface area contributed by atoms with Gasteiger partial charge in [-0.1, -0.05) is 59.6 Å². The molecule has 1 N–H and O–H groups in total. The van der Waals surface area contributed by atoms with Crippen molar-refractivity contribution in [1.82, 2.24) is 10.2 Å². The topological polar surface area (TPSA) is 86.8 Å². The Morgan fingerprint density at radius 1 is 1.00 bits per heavy atom. The van der Waals surface area contributed by atoms with Crippen molar-refractivity contribution in [1.29, 1.82) is 0 Å². The molecule has 1 unspecified atom stereocenters. The quantitative estimate of drug-likeness (QED) is 0.569. The molecule has 0 aromatic heterocycles. The second kappa shape index (κ2) is 11.0. The number of halogens is 2. The predicted molar refractivity (Wildman–Crippen MR) is 128 cm³/mol. The van der Waals surface area contributed by atoms with Gasteiger partial charge < -0.3 is 10.2 Å². The highest BCUT2D eigenvalue weighted by Gasteiger charge is 2.31. The van der Waals surface area contributed by atoms with E-state index in [1.807, 2.05) is 44.2 Å². The molecule has 0 spiro atoms. The number of rotatable bonds is 9. The molecule has 0 radical (unpaired) electrons. The Kier molecular flexibility index (Phi) is 8.95. The van der Waals surface area contributed by atoms with Crippen LogP contribution in [0.5, 0.6) is 0 Å². The number of benzene rings is 2. The van der Waals surface area contributed by atoms with Crippen LogP contribution in [0.15, 0.2) is 48.5 Å². The molecule has 0 fully saturated rings. The maximum Gasteiger partial charge on any atom is 0.244 e. The van der Waals surface area contributed by atoms with Crippen LogP contribution in [0.4, 0.5) is 5.69 Å². The van der Waals surface area contributed by atoms with Crippen LogP contribution < -0.4 is 9.62 Å². The minimum absolute atomic E-state index is 0.0209. The van der Waals surface area contributed by atoms with Crippen molar-refractivity contribution >= 4 is 50.7 Å². The van der Waals surface area contributed by atoms with Gasteiger partial charge in [-0.05, 0) is 38.5 Å². The summed E-state index contributed by atoms with van der Waals surface area (Å²) in [4.78, 5) is 27.4. The lowest BCUT2D eigenvalue weighted by molar-refractivity contribution is -0.139. The molecule has 2 aromatic carbocycles. The van der Waals surface area contributed by atoms with E-state index < -0.39 is 28.5 Å². The van der Waals surface area contributed by atoms with Crippen LogP contribution in [0.2, 0.25) is 10.0 Å². The number of carbonyl (C=O) groups is 2. The zero-order valence-corrected chi connectivity index (χ0v) is 20.7. The Morgan fingerprint density at radius 2 is 1.62 bits per heavy atom. The van der Waals surface area contributed by atoms with E-state index >= 15 is 0 Å². The average Bonchev–Trinajstić information content (AvgIpc) is 2.71. The van der Waals surface area contributed by atoms with Gasteiger partial charge in [0, 0.05) is 12.6 Å². The molecule has 174 valence electrons. The number of anilines is 1. The Hall–Kier alpha value is -2.29. The lowest BCUT2D eigenvalue weighted by atomic mass is 10.1. The summed E-state index contributed by atoms with van der Waals surface area (Å²) in [7, 11) is -3.88. The zero-order valence-electron chi connectivity index (χ0n) is 18.4. The van der Waals surface area contributed by atoms with Crippen molar-refractivity contribution < 1.29 is 18.0 Å². The molecular formula is C22H27Cl2N3O4S. The summed E-state index contributed by atoms with van der Waals surface area (Å²) >= 11 is 12.3. The van der Waals surface area contributed by atoms with Crippen molar-refractivity contribution in [3.63, 3.8) is 0 Å². The molecule has 2 amide bonds. The molecule has 32 heavy (non-hydrogen) atoms. The highest BCUT2D eigenvalue weighted by atomic mass is 35.5.